The van der Waals surface area contributed by atoms with E-state index in [0.29, 0.717) is 44.0 Å². The molecular weight excluding hydrogens is 456 g/mol. The molecule has 7 heterocycles. The van der Waals surface area contributed by atoms with Gasteiger partial charge in [0.1, 0.15) is 36.1 Å². The highest BCUT2D eigenvalue weighted by Crippen LogP contribution is 2.51. The van der Waals surface area contributed by atoms with Crippen molar-refractivity contribution < 1.29 is 23.0 Å². The SMILES string of the molecule is Fc1c(Cl)nc2c3c(nc(OC[C@@]45CCCN4C[C@H](F)C5)nc13)N1C3COCCC1(CO2)C3. The summed E-state index contributed by atoms with van der Waals surface area (Å²) in [6.07, 6.45) is 3.12. The summed E-state index contributed by atoms with van der Waals surface area (Å²) < 4.78 is 47.2. The van der Waals surface area contributed by atoms with E-state index in [9.17, 15) is 4.39 Å². The zero-order valence-electron chi connectivity index (χ0n) is 18.0. The third-order valence-corrected chi connectivity index (χ3v) is 8.37. The quantitative estimate of drug-likeness (QED) is 0.622. The lowest BCUT2D eigenvalue weighted by molar-refractivity contribution is 0.106. The third kappa shape index (κ3) is 2.83. The van der Waals surface area contributed by atoms with Crippen LogP contribution in [-0.2, 0) is 4.74 Å². The van der Waals surface area contributed by atoms with Crippen LogP contribution in [0, 0.1) is 5.82 Å². The normalized spacial score (nSPS) is 34.8. The van der Waals surface area contributed by atoms with Crippen LogP contribution in [0.3, 0.4) is 0 Å². The smallest absolute Gasteiger partial charge is 0.319 e. The second-order valence-electron chi connectivity index (χ2n) is 10.0. The highest BCUT2D eigenvalue weighted by Gasteiger charge is 2.56. The number of halogens is 3. The Hall–Kier alpha value is -2.04. The lowest BCUT2D eigenvalue weighted by Gasteiger charge is -2.56. The summed E-state index contributed by atoms with van der Waals surface area (Å²) in [5, 5.41) is 0.109. The van der Waals surface area contributed by atoms with Gasteiger partial charge in [-0.25, -0.2) is 8.78 Å². The van der Waals surface area contributed by atoms with E-state index >= 15 is 4.39 Å². The first-order chi connectivity index (χ1) is 16.0. The zero-order valence-corrected chi connectivity index (χ0v) is 18.8. The van der Waals surface area contributed by atoms with Gasteiger partial charge in [0.2, 0.25) is 5.88 Å². The Bertz CT molecular complexity index is 1150. The number of aromatic nitrogens is 3. The Morgan fingerprint density at radius 3 is 3.03 bits per heavy atom. The number of hydrogen-bond acceptors (Lipinski definition) is 8. The average Bonchev–Trinajstić information content (AvgIpc) is 3.08. The van der Waals surface area contributed by atoms with Crippen LogP contribution in [0.1, 0.15) is 32.1 Å². The molecule has 0 aromatic carbocycles. The lowest BCUT2D eigenvalue weighted by Crippen LogP contribution is -2.69. The van der Waals surface area contributed by atoms with E-state index in [4.69, 9.17) is 30.8 Å². The number of pyridine rings is 1. The molecule has 33 heavy (non-hydrogen) atoms. The van der Waals surface area contributed by atoms with Gasteiger partial charge in [-0.1, -0.05) is 11.6 Å². The van der Waals surface area contributed by atoms with Crippen LogP contribution in [0.25, 0.3) is 10.9 Å². The topological polar surface area (TPSA) is 72.8 Å². The molecule has 4 saturated heterocycles. The number of nitrogens with zero attached hydrogens (tertiary/aromatic N) is 5. The molecule has 0 amide bonds. The van der Waals surface area contributed by atoms with Gasteiger partial charge in [-0.3, -0.25) is 4.90 Å². The molecule has 2 unspecified atom stereocenters. The van der Waals surface area contributed by atoms with Crippen molar-refractivity contribution in [3.05, 3.63) is 11.0 Å². The molecule has 2 aromatic heterocycles. The van der Waals surface area contributed by atoms with Gasteiger partial charge in [0.15, 0.2) is 11.0 Å². The van der Waals surface area contributed by atoms with Gasteiger partial charge in [0, 0.05) is 19.6 Å². The molecule has 0 aliphatic carbocycles. The van der Waals surface area contributed by atoms with E-state index < -0.39 is 12.0 Å². The van der Waals surface area contributed by atoms with Crippen LogP contribution < -0.4 is 14.4 Å². The van der Waals surface area contributed by atoms with Gasteiger partial charge in [-0.05, 0) is 32.2 Å². The van der Waals surface area contributed by atoms with Crippen LogP contribution in [0.4, 0.5) is 14.6 Å². The van der Waals surface area contributed by atoms with Crippen molar-refractivity contribution in [1.29, 1.82) is 0 Å². The van der Waals surface area contributed by atoms with Gasteiger partial charge in [-0.15, -0.1) is 0 Å². The molecule has 0 saturated carbocycles. The predicted molar refractivity (Wildman–Crippen MR) is 115 cm³/mol. The summed E-state index contributed by atoms with van der Waals surface area (Å²) in [4.78, 5) is 17.6. The minimum Gasteiger partial charge on any atom is -0.475 e. The van der Waals surface area contributed by atoms with E-state index in [2.05, 4.69) is 19.8 Å². The molecule has 176 valence electrons. The van der Waals surface area contributed by atoms with E-state index in [-0.39, 0.29) is 46.3 Å². The Morgan fingerprint density at radius 1 is 1.21 bits per heavy atom. The maximum atomic E-state index is 15.2. The molecule has 0 spiro atoms. The Kier molecular flexibility index (Phi) is 4.31. The average molecular weight is 480 g/mol. The van der Waals surface area contributed by atoms with Gasteiger partial charge >= 0.3 is 6.01 Å². The summed E-state index contributed by atoms with van der Waals surface area (Å²) in [5.74, 6) is 0.0556. The minimum atomic E-state index is -0.859. The number of rotatable bonds is 3. The van der Waals surface area contributed by atoms with Crippen molar-refractivity contribution in [3.63, 3.8) is 0 Å². The molecular formula is C22H24ClF2N5O3. The maximum Gasteiger partial charge on any atom is 0.319 e. The van der Waals surface area contributed by atoms with E-state index in [1.54, 1.807) is 0 Å². The fraction of sp³-hybridized carbons (Fsp3) is 0.682. The largest absolute Gasteiger partial charge is 0.475 e. The van der Waals surface area contributed by atoms with E-state index in [0.717, 1.165) is 32.2 Å². The first-order valence-corrected chi connectivity index (χ1v) is 11.9. The first-order valence-electron chi connectivity index (χ1n) is 11.6. The van der Waals surface area contributed by atoms with Crippen LogP contribution in [0.2, 0.25) is 5.15 Å². The summed E-state index contributed by atoms with van der Waals surface area (Å²) in [6, 6.07) is 0.174. The summed E-state index contributed by atoms with van der Waals surface area (Å²) in [7, 11) is 0. The minimum absolute atomic E-state index is 0.0298. The molecule has 4 atom stereocenters. The second-order valence-corrected chi connectivity index (χ2v) is 10.4. The Morgan fingerprint density at radius 2 is 2.12 bits per heavy atom. The van der Waals surface area contributed by atoms with Crippen LogP contribution in [0.5, 0.6) is 11.9 Å². The molecule has 11 heteroatoms. The molecule has 0 radical (unpaired) electrons. The lowest BCUT2D eigenvalue weighted by atomic mass is 9.77. The van der Waals surface area contributed by atoms with Crippen LogP contribution in [-0.4, -0.2) is 82.7 Å². The monoisotopic (exact) mass is 479 g/mol. The standard InChI is InChI=1S/C22H24ClF2N5O3/c23-17-15(25)16-14-18(30-13-7-22(30,3-5-31-9-13)11-32-19(14)27-17)28-20(26-16)33-10-21-2-1-4-29(21)8-12(24)6-21/h12-13H,1-11H2/t12-,13?,21+,22?/m1/s1. The fourth-order valence-corrected chi connectivity index (χ4v) is 6.78. The van der Waals surface area contributed by atoms with Crippen molar-refractivity contribution in [1.82, 2.24) is 19.9 Å². The molecule has 2 bridgehead atoms. The van der Waals surface area contributed by atoms with Crippen LogP contribution in [0.15, 0.2) is 0 Å². The maximum absolute atomic E-state index is 15.2. The highest BCUT2D eigenvalue weighted by atomic mass is 35.5. The van der Waals surface area contributed by atoms with Gasteiger partial charge in [-0.2, -0.15) is 15.0 Å². The predicted octanol–water partition coefficient (Wildman–Crippen LogP) is 2.90. The van der Waals surface area contributed by atoms with E-state index in [1.807, 2.05) is 0 Å². The molecule has 5 aliphatic rings. The second kappa shape index (κ2) is 6.99. The molecule has 0 N–H and O–H groups in total. The van der Waals surface area contributed by atoms with Crippen molar-refractivity contribution in [3.8, 4) is 11.9 Å². The first kappa shape index (κ1) is 20.3. The van der Waals surface area contributed by atoms with E-state index in [1.165, 1.54) is 0 Å². The Balaban J connectivity index is 1.33. The Labute approximate surface area is 194 Å². The van der Waals surface area contributed by atoms with Crippen molar-refractivity contribution >= 4 is 28.3 Å². The van der Waals surface area contributed by atoms with Gasteiger partial charge in [0.25, 0.3) is 0 Å². The summed E-state index contributed by atoms with van der Waals surface area (Å²) in [6.45, 7) is 3.14. The third-order valence-electron chi connectivity index (χ3n) is 8.12. The number of anilines is 1. The number of fused-ring (bicyclic) bond motifs is 1. The van der Waals surface area contributed by atoms with Gasteiger partial charge in [0.05, 0.1) is 23.7 Å². The molecule has 2 aromatic rings. The number of hydrogen-bond donors (Lipinski definition) is 0. The van der Waals surface area contributed by atoms with Crippen molar-refractivity contribution in [2.24, 2.45) is 0 Å². The van der Waals surface area contributed by atoms with Crippen molar-refractivity contribution in [2.75, 3.05) is 44.4 Å². The zero-order chi connectivity index (χ0) is 22.4. The molecule has 5 aliphatic heterocycles. The molecule has 8 nitrogen and oxygen atoms in total. The molecule has 7 rings (SSSR count). The molecule has 4 fully saturated rings. The number of ether oxygens (including phenoxy) is 3. The van der Waals surface area contributed by atoms with Crippen LogP contribution >= 0.6 is 11.6 Å². The highest BCUT2D eigenvalue weighted by molar-refractivity contribution is 6.30. The fourth-order valence-electron chi connectivity index (χ4n) is 6.61. The van der Waals surface area contributed by atoms with Crippen molar-refractivity contribution in [2.45, 2.75) is 55.4 Å². The van der Waals surface area contributed by atoms with Gasteiger partial charge < -0.3 is 19.1 Å². The summed E-state index contributed by atoms with van der Waals surface area (Å²) in [5.41, 5.74) is -0.617. The summed E-state index contributed by atoms with van der Waals surface area (Å²) >= 11 is 6.10. The number of alkyl halides is 1.